The predicted molar refractivity (Wildman–Crippen MR) is 134 cm³/mol. The van der Waals surface area contributed by atoms with Crippen molar-refractivity contribution in [3.05, 3.63) is 96.8 Å². The zero-order valence-corrected chi connectivity index (χ0v) is 19.4. The Balaban J connectivity index is 1.42. The fourth-order valence-electron chi connectivity index (χ4n) is 3.28. The van der Waals surface area contributed by atoms with Crippen molar-refractivity contribution in [1.82, 2.24) is 9.97 Å². The Morgan fingerprint density at radius 2 is 1.55 bits per heavy atom. The SMILES string of the molecule is CCC(Sc1cc(-c2ccccc2)nc(C)n1)C(=O)Nc1ccc(Oc2ccccc2)cc1. The van der Waals surface area contributed by atoms with Gasteiger partial charge in [0, 0.05) is 11.3 Å². The van der Waals surface area contributed by atoms with Gasteiger partial charge in [-0.15, -0.1) is 0 Å². The highest BCUT2D eigenvalue weighted by Crippen LogP contribution is 2.29. The summed E-state index contributed by atoms with van der Waals surface area (Å²) < 4.78 is 5.81. The topological polar surface area (TPSA) is 64.1 Å². The third-order valence-electron chi connectivity index (χ3n) is 4.91. The summed E-state index contributed by atoms with van der Waals surface area (Å²) in [7, 11) is 0. The zero-order chi connectivity index (χ0) is 23.0. The van der Waals surface area contributed by atoms with Crippen molar-refractivity contribution < 1.29 is 9.53 Å². The summed E-state index contributed by atoms with van der Waals surface area (Å²) in [5.74, 6) is 2.11. The van der Waals surface area contributed by atoms with E-state index in [1.807, 2.05) is 105 Å². The molecular formula is C27H25N3O2S. The Bertz CT molecular complexity index is 1200. The van der Waals surface area contributed by atoms with Crippen LogP contribution in [0.4, 0.5) is 5.69 Å². The number of hydrogen-bond donors (Lipinski definition) is 1. The molecule has 0 saturated heterocycles. The maximum atomic E-state index is 13.0. The van der Waals surface area contributed by atoms with Crippen LogP contribution in [0.25, 0.3) is 11.3 Å². The van der Waals surface area contributed by atoms with Gasteiger partial charge in [-0.1, -0.05) is 67.2 Å². The average Bonchev–Trinajstić information content (AvgIpc) is 2.84. The van der Waals surface area contributed by atoms with Gasteiger partial charge in [-0.25, -0.2) is 9.97 Å². The van der Waals surface area contributed by atoms with Crippen molar-refractivity contribution in [1.29, 1.82) is 0 Å². The Morgan fingerprint density at radius 1 is 0.909 bits per heavy atom. The van der Waals surface area contributed by atoms with Crippen molar-refractivity contribution in [3.63, 3.8) is 0 Å². The van der Waals surface area contributed by atoms with Crippen LogP contribution in [0.15, 0.2) is 96.0 Å². The van der Waals surface area contributed by atoms with E-state index in [1.54, 1.807) is 0 Å². The molecule has 0 bridgehead atoms. The molecule has 4 aromatic rings. The van der Waals surface area contributed by atoms with Crippen molar-refractivity contribution >= 4 is 23.4 Å². The number of thioether (sulfide) groups is 1. The van der Waals surface area contributed by atoms with Crippen LogP contribution in [-0.4, -0.2) is 21.1 Å². The van der Waals surface area contributed by atoms with Crippen LogP contribution < -0.4 is 10.1 Å². The van der Waals surface area contributed by atoms with Gasteiger partial charge < -0.3 is 10.1 Å². The van der Waals surface area contributed by atoms with Crippen LogP contribution in [0.3, 0.4) is 0 Å². The first-order chi connectivity index (χ1) is 16.1. The van der Waals surface area contributed by atoms with Gasteiger partial charge in [0.1, 0.15) is 22.3 Å². The van der Waals surface area contributed by atoms with Gasteiger partial charge in [0.05, 0.1) is 10.9 Å². The molecule has 0 fully saturated rings. The molecule has 1 unspecified atom stereocenters. The molecule has 0 aliphatic carbocycles. The highest BCUT2D eigenvalue weighted by Gasteiger charge is 2.20. The van der Waals surface area contributed by atoms with Crippen molar-refractivity contribution in [2.45, 2.75) is 30.5 Å². The molecule has 0 aliphatic rings. The molecule has 1 atom stereocenters. The largest absolute Gasteiger partial charge is 0.457 e. The molecule has 0 radical (unpaired) electrons. The van der Waals surface area contributed by atoms with Crippen LogP contribution in [-0.2, 0) is 4.79 Å². The van der Waals surface area contributed by atoms with Gasteiger partial charge in [-0.2, -0.15) is 0 Å². The van der Waals surface area contributed by atoms with Crippen LogP contribution in [0.1, 0.15) is 19.2 Å². The molecule has 0 spiro atoms. The fourth-order valence-corrected chi connectivity index (χ4v) is 4.27. The molecule has 1 aromatic heterocycles. The Kier molecular flexibility index (Phi) is 7.37. The lowest BCUT2D eigenvalue weighted by Crippen LogP contribution is -2.24. The highest BCUT2D eigenvalue weighted by molar-refractivity contribution is 8.00. The minimum Gasteiger partial charge on any atom is -0.457 e. The van der Waals surface area contributed by atoms with E-state index >= 15 is 0 Å². The minimum atomic E-state index is -0.275. The van der Waals surface area contributed by atoms with Gasteiger partial charge in [0.15, 0.2) is 0 Å². The quantitative estimate of drug-likeness (QED) is 0.235. The Hall–Kier alpha value is -3.64. The summed E-state index contributed by atoms with van der Waals surface area (Å²) in [6.07, 6.45) is 0.676. The van der Waals surface area contributed by atoms with Crippen molar-refractivity contribution in [3.8, 4) is 22.8 Å². The van der Waals surface area contributed by atoms with E-state index in [2.05, 4.69) is 15.3 Å². The number of hydrogen-bond acceptors (Lipinski definition) is 5. The lowest BCUT2D eigenvalue weighted by Gasteiger charge is -2.15. The molecule has 3 aromatic carbocycles. The first-order valence-electron chi connectivity index (χ1n) is 10.8. The van der Waals surface area contributed by atoms with Gasteiger partial charge in [-0.3, -0.25) is 4.79 Å². The van der Waals surface area contributed by atoms with E-state index in [4.69, 9.17) is 4.74 Å². The second-order valence-corrected chi connectivity index (χ2v) is 8.67. The summed E-state index contributed by atoms with van der Waals surface area (Å²) in [5.41, 5.74) is 2.61. The number of nitrogens with zero attached hydrogens (tertiary/aromatic N) is 2. The molecule has 33 heavy (non-hydrogen) atoms. The number of amides is 1. The van der Waals surface area contributed by atoms with Gasteiger partial charge >= 0.3 is 0 Å². The summed E-state index contributed by atoms with van der Waals surface area (Å²) >= 11 is 1.46. The number of carbonyl (C=O) groups excluding carboxylic acids is 1. The summed E-state index contributed by atoms with van der Waals surface area (Å²) in [4.78, 5) is 22.1. The number of aryl methyl sites for hydroxylation is 1. The molecule has 5 nitrogen and oxygen atoms in total. The lowest BCUT2D eigenvalue weighted by atomic mass is 10.1. The number of anilines is 1. The van der Waals surface area contributed by atoms with Gasteiger partial charge in [0.2, 0.25) is 5.91 Å². The van der Waals surface area contributed by atoms with E-state index in [1.165, 1.54) is 11.8 Å². The predicted octanol–water partition coefficient (Wildman–Crippen LogP) is 6.75. The maximum absolute atomic E-state index is 13.0. The highest BCUT2D eigenvalue weighted by atomic mass is 32.2. The van der Waals surface area contributed by atoms with E-state index in [-0.39, 0.29) is 11.2 Å². The lowest BCUT2D eigenvalue weighted by molar-refractivity contribution is -0.115. The zero-order valence-electron chi connectivity index (χ0n) is 18.6. The minimum absolute atomic E-state index is 0.0586. The van der Waals surface area contributed by atoms with Crippen LogP contribution in [0, 0.1) is 6.92 Å². The number of ether oxygens (including phenoxy) is 1. The molecule has 1 amide bonds. The number of aromatic nitrogens is 2. The summed E-state index contributed by atoms with van der Waals surface area (Å²) in [5, 5.41) is 3.52. The maximum Gasteiger partial charge on any atom is 0.237 e. The molecular weight excluding hydrogens is 430 g/mol. The Labute approximate surface area is 198 Å². The average molecular weight is 456 g/mol. The van der Waals surface area contributed by atoms with E-state index in [0.717, 1.165) is 27.7 Å². The van der Waals surface area contributed by atoms with Gasteiger partial charge in [-0.05, 0) is 55.8 Å². The molecule has 1 heterocycles. The summed E-state index contributed by atoms with van der Waals surface area (Å²) in [6, 6.07) is 28.9. The van der Waals surface area contributed by atoms with Crippen molar-refractivity contribution in [2.24, 2.45) is 0 Å². The van der Waals surface area contributed by atoms with Crippen LogP contribution in [0.2, 0.25) is 0 Å². The van der Waals surface area contributed by atoms with E-state index in [0.29, 0.717) is 18.0 Å². The number of para-hydroxylation sites is 1. The first kappa shape index (κ1) is 22.6. The number of nitrogens with one attached hydrogen (secondary N) is 1. The van der Waals surface area contributed by atoms with Crippen LogP contribution >= 0.6 is 11.8 Å². The third kappa shape index (κ3) is 6.20. The Morgan fingerprint density at radius 3 is 2.21 bits per heavy atom. The second kappa shape index (κ2) is 10.8. The molecule has 0 saturated carbocycles. The standard InChI is InChI=1S/C27H25N3O2S/c1-3-25(33-26-18-24(28-19(2)29-26)20-10-6-4-7-11-20)27(31)30-21-14-16-23(17-15-21)32-22-12-8-5-9-13-22/h4-18,25H,3H2,1-2H3,(H,30,31). The number of benzene rings is 3. The molecule has 0 aliphatic heterocycles. The smallest absolute Gasteiger partial charge is 0.237 e. The molecule has 4 rings (SSSR count). The molecule has 166 valence electrons. The molecule has 6 heteroatoms. The molecule has 1 N–H and O–H groups in total. The van der Waals surface area contributed by atoms with Gasteiger partial charge in [0.25, 0.3) is 0 Å². The monoisotopic (exact) mass is 455 g/mol. The number of rotatable bonds is 8. The second-order valence-electron chi connectivity index (χ2n) is 7.45. The van der Waals surface area contributed by atoms with Crippen LogP contribution in [0.5, 0.6) is 11.5 Å². The fraction of sp³-hybridized carbons (Fsp3) is 0.148. The van der Waals surface area contributed by atoms with E-state index < -0.39 is 0 Å². The van der Waals surface area contributed by atoms with Crippen molar-refractivity contribution in [2.75, 3.05) is 5.32 Å². The normalized spacial score (nSPS) is 11.6. The summed E-state index contributed by atoms with van der Waals surface area (Å²) in [6.45, 7) is 3.87. The number of carbonyl (C=O) groups is 1. The third-order valence-corrected chi connectivity index (χ3v) is 6.19. The van der Waals surface area contributed by atoms with E-state index in [9.17, 15) is 4.79 Å². The first-order valence-corrected chi connectivity index (χ1v) is 11.7.